The second-order valence-electron chi connectivity index (χ2n) is 5.73. The van der Waals surface area contributed by atoms with E-state index >= 15 is 0 Å². The highest BCUT2D eigenvalue weighted by molar-refractivity contribution is 5.91. The van der Waals surface area contributed by atoms with Gasteiger partial charge in [-0.3, -0.25) is 9.89 Å². The van der Waals surface area contributed by atoms with Crippen molar-refractivity contribution < 1.29 is 18.7 Å². The summed E-state index contributed by atoms with van der Waals surface area (Å²) >= 11 is 0. The number of rotatable bonds is 7. The van der Waals surface area contributed by atoms with Crippen LogP contribution in [0.25, 0.3) is 0 Å². The summed E-state index contributed by atoms with van der Waals surface area (Å²) in [4.78, 5) is 26.7. The normalized spacial score (nSPS) is 11.9. The van der Waals surface area contributed by atoms with E-state index in [0.29, 0.717) is 25.2 Å². The predicted octanol–water partition coefficient (Wildman–Crippen LogP) is 1.23. The van der Waals surface area contributed by atoms with Crippen molar-refractivity contribution in [3.05, 3.63) is 24.1 Å². The van der Waals surface area contributed by atoms with Crippen LogP contribution in [0, 0.1) is 0 Å². The average Bonchev–Trinajstić information content (AvgIpc) is 2.94. The van der Waals surface area contributed by atoms with Crippen LogP contribution in [0.3, 0.4) is 0 Å². The first-order chi connectivity index (χ1) is 10.8. The molecule has 0 aliphatic rings. The van der Waals surface area contributed by atoms with Crippen molar-refractivity contribution in [1.29, 1.82) is 0 Å². The number of halogens is 1. The van der Waals surface area contributed by atoms with Gasteiger partial charge in [0.15, 0.2) is 5.83 Å². The summed E-state index contributed by atoms with van der Waals surface area (Å²) in [5.74, 6) is -1.08. The number of carbonyl (C=O) groups excluding carboxylic acids is 2. The van der Waals surface area contributed by atoms with Gasteiger partial charge in [-0.25, -0.2) is 14.2 Å². The number of nitrogens with one attached hydrogen (secondary N) is 3. The third kappa shape index (κ3) is 8.54. The smallest absolute Gasteiger partial charge is 0.407 e. The third-order valence-corrected chi connectivity index (χ3v) is 2.48. The number of hydrogen-bond donors (Lipinski definition) is 3. The standard InChI is InChI=1S/C14H22FN5O3/c1-14(2,3)23-13(22)17-8-6-10(15)12(21)16-7-4-5-11-18-9-19-20-11/h6,9H,4-5,7-8H2,1-3H3,(H,16,21)(H,17,22)(H,18,19,20)/b10-6-. The molecule has 0 aromatic carbocycles. The number of carbonyl (C=O) groups is 2. The van der Waals surface area contributed by atoms with Crippen LogP contribution in [0.2, 0.25) is 0 Å². The summed E-state index contributed by atoms with van der Waals surface area (Å²) in [5, 5.41) is 11.2. The molecule has 1 aromatic heterocycles. The van der Waals surface area contributed by atoms with E-state index in [-0.39, 0.29) is 6.54 Å². The number of ether oxygens (including phenoxy) is 1. The molecule has 0 saturated carbocycles. The summed E-state index contributed by atoms with van der Waals surface area (Å²) < 4.78 is 18.5. The molecular formula is C14H22FN5O3. The lowest BCUT2D eigenvalue weighted by molar-refractivity contribution is -0.118. The van der Waals surface area contributed by atoms with Gasteiger partial charge in [-0.05, 0) is 33.3 Å². The Labute approximate surface area is 133 Å². The van der Waals surface area contributed by atoms with Crippen LogP contribution in [0.5, 0.6) is 0 Å². The maximum absolute atomic E-state index is 13.5. The molecule has 0 saturated heterocycles. The molecule has 0 aliphatic carbocycles. The van der Waals surface area contributed by atoms with Gasteiger partial charge in [-0.15, -0.1) is 0 Å². The number of nitrogens with zero attached hydrogens (tertiary/aromatic N) is 2. The van der Waals surface area contributed by atoms with Gasteiger partial charge in [0.2, 0.25) is 0 Å². The molecule has 1 aromatic rings. The van der Waals surface area contributed by atoms with Gasteiger partial charge in [-0.2, -0.15) is 5.10 Å². The maximum Gasteiger partial charge on any atom is 0.407 e. The molecule has 0 spiro atoms. The SMILES string of the molecule is CC(C)(C)OC(=O)NC/C=C(\F)C(=O)NCCCc1ncn[nH]1. The minimum atomic E-state index is -0.958. The Balaban J connectivity index is 2.20. The number of alkyl carbamates (subject to hydrolysis) is 1. The van der Waals surface area contributed by atoms with E-state index in [1.807, 2.05) is 0 Å². The first-order valence-electron chi connectivity index (χ1n) is 7.23. The largest absolute Gasteiger partial charge is 0.444 e. The Morgan fingerprint density at radius 1 is 1.39 bits per heavy atom. The molecule has 3 N–H and O–H groups in total. The van der Waals surface area contributed by atoms with Crippen LogP contribution in [0.4, 0.5) is 9.18 Å². The van der Waals surface area contributed by atoms with Gasteiger partial charge in [-0.1, -0.05) is 0 Å². The molecule has 23 heavy (non-hydrogen) atoms. The lowest BCUT2D eigenvalue weighted by atomic mass is 10.2. The molecule has 0 bridgehead atoms. The molecule has 0 aliphatic heterocycles. The Morgan fingerprint density at radius 2 is 2.13 bits per heavy atom. The number of amides is 2. The fourth-order valence-corrected chi connectivity index (χ4v) is 1.52. The van der Waals surface area contributed by atoms with Crippen LogP contribution < -0.4 is 10.6 Å². The highest BCUT2D eigenvalue weighted by atomic mass is 19.1. The Bertz CT molecular complexity index is 537. The second kappa shape index (κ2) is 8.86. The number of H-pyrrole nitrogens is 1. The van der Waals surface area contributed by atoms with Crippen molar-refractivity contribution in [1.82, 2.24) is 25.8 Å². The third-order valence-electron chi connectivity index (χ3n) is 2.48. The van der Waals surface area contributed by atoms with Crippen molar-refractivity contribution in [3.8, 4) is 0 Å². The molecule has 128 valence electrons. The zero-order valence-corrected chi connectivity index (χ0v) is 13.5. The molecule has 2 amide bonds. The highest BCUT2D eigenvalue weighted by Gasteiger charge is 2.15. The van der Waals surface area contributed by atoms with E-state index < -0.39 is 23.4 Å². The number of aromatic amines is 1. The van der Waals surface area contributed by atoms with Crippen LogP contribution in [-0.4, -0.2) is 45.9 Å². The molecule has 0 fully saturated rings. The lowest BCUT2D eigenvalue weighted by Crippen LogP contribution is -2.33. The van der Waals surface area contributed by atoms with Crippen molar-refractivity contribution in [2.45, 2.75) is 39.2 Å². The van der Waals surface area contributed by atoms with Crippen molar-refractivity contribution >= 4 is 12.0 Å². The van der Waals surface area contributed by atoms with Gasteiger partial charge < -0.3 is 15.4 Å². The predicted molar refractivity (Wildman–Crippen MR) is 81.1 cm³/mol. The number of hydrogen-bond acceptors (Lipinski definition) is 5. The number of aryl methyl sites for hydroxylation is 1. The monoisotopic (exact) mass is 327 g/mol. The van der Waals surface area contributed by atoms with Crippen LogP contribution in [0.15, 0.2) is 18.2 Å². The summed E-state index contributed by atoms with van der Waals surface area (Å²) in [6.45, 7) is 5.33. The first kappa shape index (κ1) is 18.6. The Morgan fingerprint density at radius 3 is 2.74 bits per heavy atom. The van der Waals surface area contributed by atoms with Crippen LogP contribution in [-0.2, 0) is 16.0 Å². The molecule has 0 atom stereocenters. The molecule has 1 rings (SSSR count). The fraction of sp³-hybridized carbons (Fsp3) is 0.571. The summed E-state index contributed by atoms with van der Waals surface area (Å²) in [6, 6.07) is 0. The Kier molecular flexibility index (Phi) is 7.17. The van der Waals surface area contributed by atoms with E-state index in [4.69, 9.17) is 4.74 Å². The summed E-state index contributed by atoms with van der Waals surface area (Å²) in [5.41, 5.74) is -0.632. The van der Waals surface area contributed by atoms with E-state index in [9.17, 15) is 14.0 Å². The molecule has 9 heteroatoms. The van der Waals surface area contributed by atoms with E-state index in [2.05, 4.69) is 25.8 Å². The van der Waals surface area contributed by atoms with E-state index in [1.165, 1.54) is 6.33 Å². The van der Waals surface area contributed by atoms with Gasteiger partial charge in [0.25, 0.3) is 5.91 Å². The zero-order valence-electron chi connectivity index (χ0n) is 13.5. The van der Waals surface area contributed by atoms with Crippen molar-refractivity contribution in [2.75, 3.05) is 13.1 Å². The highest BCUT2D eigenvalue weighted by Crippen LogP contribution is 2.06. The molecule has 1 heterocycles. The van der Waals surface area contributed by atoms with Gasteiger partial charge in [0.1, 0.15) is 17.8 Å². The summed E-state index contributed by atoms with van der Waals surface area (Å²) in [6.07, 6.45) is 2.91. The van der Waals surface area contributed by atoms with Crippen molar-refractivity contribution in [2.24, 2.45) is 0 Å². The maximum atomic E-state index is 13.5. The van der Waals surface area contributed by atoms with Crippen molar-refractivity contribution in [3.63, 3.8) is 0 Å². The molecular weight excluding hydrogens is 305 g/mol. The minimum absolute atomic E-state index is 0.133. The van der Waals surface area contributed by atoms with Crippen LogP contribution >= 0.6 is 0 Å². The van der Waals surface area contributed by atoms with Gasteiger partial charge in [0, 0.05) is 19.5 Å². The summed E-state index contributed by atoms with van der Waals surface area (Å²) in [7, 11) is 0. The second-order valence-corrected chi connectivity index (χ2v) is 5.73. The Hall–Kier alpha value is -2.45. The minimum Gasteiger partial charge on any atom is -0.444 e. The fourth-order valence-electron chi connectivity index (χ4n) is 1.52. The molecule has 8 nitrogen and oxygen atoms in total. The number of aromatic nitrogens is 3. The van der Waals surface area contributed by atoms with Gasteiger partial charge >= 0.3 is 6.09 Å². The first-order valence-corrected chi connectivity index (χ1v) is 7.23. The average molecular weight is 327 g/mol. The van der Waals surface area contributed by atoms with Gasteiger partial charge in [0.05, 0.1) is 0 Å². The molecule has 0 radical (unpaired) electrons. The van der Waals surface area contributed by atoms with Crippen LogP contribution in [0.1, 0.15) is 33.0 Å². The van der Waals surface area contributed by atoms with E-state index in [0.717, 1.165) is 6.08 Å². The zero-order chi connectivity index (χ0) is 17.3. The lowest BCUT2D eigenvalue weighted by Gasteiger charge is -2.19. The molecule has 0 unspecified atom stereocenters. The van der Waals surface area contributed by atoms with E-state index in [1.54, 1.807) is 20.8 Å². The topological polar surface area (TPSA) is 109 Å². The quantitative estimate of drug-likeness (QED) is 0.515.